The van der Waals surface area contributed by atoms with E-state index in [0.717, 1.165) is 31.5 Å². The summed E-state index contributed by atoms with van der Waals surface area (Å²) in [5.41, 5.74) is 0.237. The van der Waals surface area contributed by atoms with Crippen LogP contribution in [0.15, 0.2) is 36.2 Å². The molecule has 0 aliphatic carbocycles. The fourth-order valence-corrected chi connectivity index (χ4v) is 2.30. The van der Waals surface area contributed by atoms with Crippen LogP contribution in [0.1, 0.15) is 26.2 Å². The van der Waals surface area contributed by atoms with Gasteiger partial charge in [-0.2, -0.15) is 0 Å². The van der Waals surface area contributed by atoms with Crippen LogP contribution >= 0.6 is 0 Å². The van der Waals surface area contributed by atoms with Gasteiger partial charge in [-0.15, -0.1) is 0 Å². The van der Waals surface area contributed by atoms with Crippen molar-refractivity contribution in [2.75, 3.05) is 33.7 Å². The lowest BCUT2D eigenvalue weighted by Gasteiger charge is -2.21. The van der Waals surface area contributed by atoms with Crippen LogP contribution in [0.3, 0.4) is 0 Å². The number of rotatable bonds is 11. The van der Waals surface area contributed by atoms with Crippen LogP contribution in [0, 0.1) is 5.92 Å². The first-order valence-corrected chi connectivity index (χ1v) is 8.02. The Kier molecular flexibility index (Phi) is 12.7. The number of carbonyl (C=O) groups is 1. The van der Waals surface area contributed by atoms with Crippen LogP contribution in [0.4, 0.5) is 18.0 Å². The number of halogens is 3. The Bertz CT molecular complexity index is 448. The summed E-state index contributed by atoms with van der Waals surface area (Å²) in [4.78, 5) is 13.8. The van der Waals surface area contributed by atoms with E-state index in [1.54, 1.807) is 0 Å². The molecule has 0 spiro atoms. The van der Waals surface area contributed by atoms with Crippen molar-refractivity contribution < 1.29 is 18.0 Å². The summed E-state index contributed by atoms with van der Waals surface area (Å²) < 4.78 is 37.0. The summed E-state index contributed by atoms with van der Waals surface area (Å²) in [7, 11) is 3.97. The average Bonchev–Trinajstić information content (AvgIpc) is 2.52. The van der Waals surface area contributed by atoms with E-state index in [2.05, 4.69) is 22.5 Å². The van der Waals surface area contributed by atoms with Crippen LogP contribution in [-0.4, -0.2) is 44.7 Å². The van der Waals surface area contributed by atoms with E-state index in [9.17, 15) is 18.0 Å². The molecule has 0 aliphatic rings. The van der Waals surface area contributed by atoms with Crippen molar-refractivity contribution in [1.29, 1.82) is 0 Å². The molecule has 0 radical (unpaired) electrons. The first-order chi connectivity index (χ1) is 11.4. The minimum absolute atomic E-state index is 0.186. The summed E-state index contributed by atoms with van der Waals surface area (Å²) >= 11 is 0. The number of hydrogen-bond donors (Lipinski definition) is 2. The predicted molar refractivity (Wildman–Crippen MR) is 91.6 cm³/mol. The Hall–Kier alpha value is -1.76. The molecule has 0 aromatic heterocycles. The van der Waals surface area contributed by atoms with Gasteiger partial charge in [0.1, 0.15) is 6.33 Å². The van der Waals surface area contributed by atoms with E-state index in [1.807, 2.05) is 14.1 Å². The fraction of sp³-hybridized carbons (Fsp3) is 0.588. The number of carbonyl (C=O) groups excluding carboxylic acids is 1. The Morgan fingerprint density at radius 2 is 1.96 bits per heavy atom. The molecular weight excluding hydrogens is 319 g/mol. The van der Waals surface area contributed by atoms with Gasteiger partial charge in [-0.1, -0.05) is 13.3 Å². The van der Waals surface area contributed by atoms with Crippen molar-refractivity contribution in [3.8, 4) is 0 Å². The highest BCUT2D eigenvalue weighted by atomic mass is 19.2. The van der Waals surface area contributed by atoms with Crippen molar-refractivity contribution in [2.24, 2.45) is 5.92 Å². The quantitative estimate of drug-likeness (QED) is 0.558. The largest absolute Gasteiger partial charge is 0.338 e. The molecule has 0 aliphatic heterocycles. The maximum absolute atomic E-state index is 12.8. The van der Waals surface area contributed by atoms with Crippen LogP contribution in [0.2, 0.25) is 0 Å². The first kappa shape index (κ1) is 22.2. The van der Waals surface area contributed by atoms with E-state index in [-0.39, 0.29) is 37.2 Å². The van der Waals surface area contributed by atoms with Crippen molar-refractivity contribution in [2.45, 2.75) is 26.2 Å². The van der Waals surface area contributed by atoms with E-state index >= 15 is 0 Å². The molecule has 138 valence electrons. The normalized spacial score (nSPS) is 14.3. The predicted octanol–water partition coefficient (Wildman–Crippen LogP) is 3.84. The Morgan fingerprint density at radius 1 is 1.25 bits per heavy atom. The molecular formula is C17H28F3N3O. The van der Waals surface area contributed by atoms with Gasteiger partial charge in [0.25, 0.3) is 0 Å². The number of nitrogens with zero attached hydrogens (tertiary/aromatic N) is 1. The number of nitrogens with one attached hydrogen (secondary N) is 2. The third-order valence-electron chi connectivity index (χ3n) is 3.28. The van der Waals surface area contributed by atoms with Gasteiger partial charge < -0.3 is 15.5 Å². The Labute approximate surface area is 142 Å². The third-order valence-corrected chi connectivity index (χ3v) is 3.28. The van der Waals surface area contributed by atoms with E-state index in [1.165, 1.54) is 0 Å². The lowest BCUT2D eigenvalue weighted by Crippen LogP contribution is -2.40. The second-order valence-electron chi connectivity index (χ2n) is 5.81. The van der Waals surface area contributed by atoms with Gasteiger partial charge in [-0.3, -0.25) is 0 Å². The highest BCUT2D eigenvalue weighted by Gasteiger charge is 2.10. The number of amides is 2. The second-order valence-corrected chi connectivity index (χ2v) is 5.81. The standard InChI is InChI=1S/C17H28F3N3O/c1-4-5-15(13-23(2)3)12-22-17(24)21-9-7-14(6-8-18)10-16(20)11-19/h6,8,10-11,15H,4-5,7,9,12-13H2,1-3H3,(H2,21,22,24)/b8-6+,14-10+,16-11-. The Balaban J connectivity index is 4.25. The molecule has 0 aromatic rings. The second kappa shape index (κ2) is 13.7. The van der Waals surface area contributed by atoms with Gasteiger partial charge in [0.2, 0.25) is 0 Å². The van der Waals surface area contributed by atoms with Crippen LogP contribution in [-0.2, 0) is 0 Å². The molecule has 0 rings (SSSR count). The molecule has 2 amide bonds. The molecule has 0 bridgehead atoms. The molecule has 2 N–H and O–H groups in total. The van der Waals surface area contributed by atoms with Gasteiger partial charge in [-0.25, -0.2) is 18.0 Å². The van der Waals surface area contributed by atoms with E-state index < -0.39 is 5.83 Å². The van der Waals surface area contributed by atoms with E-state index in [4.69, 9.17) is 0 Å². The molecule has 7 heteroatoms. The smallest absolute Gasteiger partial charge is 0.314 e. The monoisotopic (exact) mass is 347 g/mol. The average molecular weight is 347 g/mol. The highest BCUT2D eigenvalue weighted by Crippen LogP contribution is 2.10. The zero-order chi connectivity index (χ0) is 18.4. The van der Waals surface area contributed by atoms with Crippen molar-refractivity contribution in [3.63, 3.8) is 0 Å². The SMILES string of the molecule is CCCC(CNC(=O)NCCC(=C/C(F)=C/F)/C=C/F)CN(C)C. The number of allylic oxidation sites excluding steroid dienone is 3. The van der Waals surface area contributed by atoms with Gasteiger partial charge in [-0.05, 0) is 50.6 Å². The number of hydrogen-bond acceptors (Lipinski definition) is 2. The van der Waals surface area contributed by atoms with Crippen molar-refractivity contribution >= 4 is 6.03 Å². The molecule has 0 heterocycles. The van der Waals surface area contributed by atoms with E-state index in [0.29, 0.717) is 12.5 Å². The molecule has 24 heavy (non-hydrogen) atoms. The number of urea groups is 1. The summed E-state index contributed by atoms with van der Waals surface area (Å²) in [6.07, 6.45) is 4.19. The molecule has 0 saturated heterocycles. The molecule has 1 unspecified atom stereocenters. The summed E-state index contributed by atoms with van der Waals surface area (Å²) in [6, 6.07) is -0.333. The van der Waals surface area contributed by atoms with Gasteiger partial charge >= 0.3 is 6.03 Å². The lowest BCUT2D eigenvalue weighted by molar-refractivity contribution is 0.235. The minimum Gasteiger partial charge on any atom is -0.338 e. The van der Waals surface area contributed by atoms with Crippen LogP contribution in [0.5, 0.6) is 0 Å². The summed E-state index contributed by atoms with van der Waals surface area (Å²) in [5, 5.41) is 5.41. The molecule has 0 aromatic carbocycles. The minimum atomic E-state index is -1.10. The summed E-state index contributed by atoms with van der Waals surface area (Å²) in [5.74, 6) is -0.733. The van der Waals surface area contributed by atoms with Gasteiger partial charge in [0, 0.05) is 19.6 Å². The van der Waals surface area contributed by atoms with Crippen LogP contribution in [0.25, 0.3) is 0 Å². The summed E-state index contributed by atoms with van der Waals surface area (Å²) in [6.45, 7) is 3.73. The molecule has 0 saturated carbocycles. The topological polar surface area (TPSA) is 44.4 Å². The molecule has 4 nitrogen and oxygen atoms in total. The third kappa shape index (κ3) is 11.8. The molecule has 1 atom stereocenters. The lowest BCUT2D eigenvalue weighted by atomic mass is 10.0. The highest BCUT2D eigenvalue weighted by molar-refractivity contribution is 5.73. The van der Waals surface area contributed by atoms with Gasteiger partial charge in [0.05, 0.1) is 6.33 Å². The zero-order valence-corrected chi connectivity index (χ0v) is 14.6. The fourth-order valence-electron chi connectivity index (χ4n) is 2.30. The van der Waals surface area contributed by atoms with Crippen molar-refractivity contribution in [1.82, 2.24) is 15.5 Å². The van der Waals surface area contributed by atoms with Gasteiger partial charge in [0.15, 0.2) is 5.83 Å². The molecule has 0 fully saturated rings. The Morgan fingerprint density at radius 3 is 2.50 bits per heavy atom. The first-order valence-electron chi connectivity index (χ1n) is 8.02. The van der Waals surface area contributed by atoms with Crippen LogP contribution < -0.4 is 10.6 Å². The maximum atomic E-state index is 12.8. The van der Waals surface area contributed by atoms with Crippen molar-refractivity contribution in [3.05, 3.63) is 36.2 Å². The zero-order valence-electron chi connectivity index (χ0n) is 14.6. The maximum Gasteiger partial charge on any atom is 0.314 e.